The second kappa shape index (κ2) is 46.3. The number of benzene rings is 2. The lowest BCUT2D eigenvalue weighted by Crippen LogP contribution is -2.52. The van der Waals surface area contributed by atoms with Crippen LogP contribution in [0.15, 0.2) is 104 Å². The summed E-state index contributed by atoms with van der Waals surface area (Å²) in [4.78, 5) is 169. The van der Waals surface area contributed by atoms with Gasteiger partial charge in [-0.05, 0) is 92.7 Å². The number of rotatable bonds is 50. The minimum atomic E-state index is -0.641. The fraction of sp³-hybridized carbons (Fsp3) is 0.463. The average Bonchev–Trinajstić information content (AvgIpc) is 1.30. The lowest BCUT2D eigenvalue weighted by Gasteiger charge is -2.44. The Morgan fingerprint density at radius 3 is 1.48 bits per heavy atom. The van der Waals surface area contributed by atoms with Gasteiger partial charge in [0.2, 0.25) is 47.0 Å². The highest BCUT2D eigenvalue weighted by molar-refractivity contribution is 6.05. The highest BCUT2D eigenvalue weighted by Gasteiger charge is 2.43. The zero-order valence-corrected chi connectivity index (χ0v) is 69.8. The third-order valence-corrected chi connectivity index (χ3v) is 19.9. The largest absolute Gasteiger partial charge is 0.392 e. The number of aryl methyl sites for hydroxylation is 5. The number of anilines is 6. The number of imidazole rings is 3. The van der Waals surface area contributed by atoms with Gasteiger partial charge in [0.05, 0.1) is 101 Å². The van der Waals surface area contributed by atoms with Crippen LogP contribution in [-0.4, -0.2) is 261 Å². The molecule has 6 aromatic heterocycles. The van der Waals surface area contributed by atoms with Crippen LogP contribution in [-0.2, 0) is 96.0 Å². The second-order valence-corrected chi connectivity index (χ2v) is 29.3. The number of ether oxygens (including phenoxy) is 5. The quantitative estimate of drug-likeness (QED) is 0.0244. The molecule has 1 aliphatic heterocycles. The predicted octanol–water partition coefficient (Wildman–Crippen LogP) is 2.65. The molecule has 0 radical (unpaired) electrons. The maximum Gasteiger partial charge on any atom is 0.291 e. The molecule has 11 N–H and O–H groups in total. The van der Waals surface area contributed by atoms with Crippen LogP contribution in [0.3, 0.4) is 0 Å². The van der Waals surface area contributed by atoms with Crippen molar-refractivity contribution in [3.63, 3.8) is 0 Å². The Morgan fingerprint density at radius 2 is 0.959 bits per heavy atom. The predicted molar refractivity (Wildman–Crippen MR) is 449 cm³/mol. The first-order chi connectivity index (χ1) is 58.9. The number of carbonyl (C=O) groups excluding carboxylic acids is 11. The Labute approximate surface area is 705 Å². The van der Waals surface area contributed by atoms with Crippen molar-refractivity contribution in [3.05, 3.63) is 150 Å². The molecule has 2 aromatic carbocycles. The van der Waals surface area contributed by atoms with Gasteiger partial charge in [0.1, 0.15) is 11.4 Å². The molecule has 1 atom stereocenters. The molecular weight excluding hydrogens is 1580 g/mol. The van der Waals surface area contributed by atoms with Crippen molar-refractivity contribution in [2.45, 2.75) is 77.5 Å². The number of carbonyl (C=O) groups is 11. The summed E-state index contributed by atoms with van der Waals surface area (Å²) in [5, 5.41) is 37.3. The number of hydrogen-bond acceptors (Lipinski definition) is 24. The average molecular weight is 1690 g/mol. The number of aliphatic hydroxyl groups is 1. The molecule has 1 fully saturated rings. The van der Waals surface area contributed by atoms with E-state index in [9.17, 15) is 57.8 Å². The van der Waals surface area contributed by atoms with E-state index in [2.05, 4.69) is 87.9 Å². The van der Waals surface area contributed by atoms with E-state index in [0.717, 1.165) is 59.4 Å². The summed E-state index contributed by atoms with van der Waals surface area (Å²) in [6.07, 6.45) is 15.9. The van der Waals surface area contributed by atoms with E-state index in [0.29, 0.717) is 104 Å². The van der Waals surface area contributed by atoms with E-state index in [-0.39, 0.29) is 147 Å². The van der Waals surface area contributed by atoms with E-state index in [4.69, 9.17) is 23.7 Å². The first-order valence-electron chi connectivity index (χ1n) is 40.4. The smallest absolute Gasteiger partial charge is 0.291 e. The molecule has 0 bridgehead atoms. The van der Waals surface area contributed by atoms with Crippen molar-refractivity contribution in [2.24, 2.45) is 41.2 Å². The van der Waals surface area contributed by atoms with Crippen molar-refractivity contribution < 1.29 is 81.5 Å². The zero-order valence-electron chi connectivity index (χ0n) is 69.8. The van der Waals surface area contributed by atoms with Gasteiger partial charge in [0.15, 0.2) is 17.5 Å². The van der Waals surface area contributed by atoms with E-state index < -0.39 is 47.3 Å². The summed E-state index contributed by atoms with van der Waals surface area (Å²) in [6, 6.07) is 16.8. The Kier molecular flexibility index (Phi) is 34.8. The van der Waals surface area contributed by atoms with E-state index in [1.165, 1.54) is 55.2 Å². The molecule has 0 unspecified atom stereocenters. The van der Waals surface area contributed by atoms with E-state index in [1.54, 1.807) is 71.5 Å². The Bertz CT molecular complexity index is 4910. The van der Waals surface area contributed by atoms with Crippen LogP contribution in [0.4, 0.5) is 34.4 Å². The van der Waals surface area contributed by atoms with Crippen LogP contribution in [0.25, 0.3) is 11.1 Å². The molecule has 8 aromatic rings. The number of fused-ring (bicyclic) bond motifs is 1. The molecule has 11 amide bonds. The van der Waals surface area contributed by atoms with Gasteiger partial charge in [-0.1, -0.05) is 30.3 Å². The van der Waals surface area contributed by atoms with E-state index >= 15 is 0 Å². The summed E-state index contributed by atoms with van der Waals surface area (Å²) in [5.41, 5.74) is 6.25. The minimum Gasteiger partial charge on any atom is -0.392 e. The Balaban J connectivity index is 0.479. The summed E-state index contributed by atoms with van der Waals surface area (Å²) >= 11 is 0. The maximum absolute atomic E-state index is 13.3. The number of amides is 11. The first-order valence-corrected chi connectivity index (χ1v) is 40.4. The van der Waals surface area contributed by atoms with Crippen LogP contribution >= 0.6 is 0 Å². The minimum absolute atomic E-state index is 0.00384. The fourth-order valence-electron chi connectivity index (χ4n) is 13.4. The molecule has 654 valence electrons. The van der Waals surface area contributed by atoms with Gasteiger partial charge in [-0.2, -0.15) is 0 Å². The number of nitrogens with zero attached hydrogens (tertiary/aromatic N) is 13. The van der Waals surface area contributed by atoms with Crippen LogP contribution in [0.1, 0.15) is 133 Å². The van der Waals surface area contributed by atoms with Gasteiger partial charge in [-0.3, -0.25) is 52.7 Å². The SMILES string of the molecule is CC(=O)N1c2ccc(-c3cnc(C(=O)NCCOCCOCCOCCOCCOCCC(=O)NCCCN(C)CCCNC(=O)CCNC(=O)c4nc(NC(=O)CCNC(=O)c5cc(NC(=O)c6nc(NC(=O)CCNC(=O)c7cc(NC(=O)c8nccn8C)cn7C)cn6C)cn5C)cn4C)nc3)cc2N(Cc2ccccc2CO)C[C@@H]1C1CC1. The Morgan fingerprint density at radius 1 is 0.467 bits per heavy atom. The number of hydrogen-bond donors (Lipinski definition) is 11. The van der Waals surface area contributed by atoms with Crippen molar-refractivity contribution in [1.29, 1.82) is 0 Å². The van der Waals surface area contributed by atoms with Gasteiger partial charge < -0.3 is 119 Å². The van der Waals surface area contributed by atoms with Gasteiger partial charge in [-0.15, -0.1) is 0 Å². The highest BCUT2D eigenvalue weighted by Crippen LogP contribution is 2.46. The molecule has 0 saturated heterocycles. The first kappa shape index (κ1) is 91.7. The molecule has 10 rings (SSSR count). The molecule has 40 nitrogen and oxygen atoms in total. The fourth-order valence-corrected chi connectivity index (χ4v) is 13.4. The molecule has 7 heterocycles. The molecule has 0 spiro atoms. The van der Waals surface area contributed by atoms with Crippen LogP contribution in [0.5, 0.6) is 0 Å². The number of aromatic nitrogens is 10. The molecule has 1 aliphatic carbocycles. The maximum atomic E-state index is 13.3. The van der Waals surface area contributed by atoms with Crippen molar-refractivity contribution in [2.75, 3.05) is 163 Å². The summed E-state index contributed by atoms with van der Waals surface area (Å²) < 4.78 is 35.3. The van der Waals surface area contributed by atoms with Crippen LogP contribution in [0.2, 0.25) is 0 Å². The van der Waals surface area contributed by atoms with E-state index in [1.807, 2.05) is 54.4 Å². The van der Waals surface area contributed by atoms with Crippen LogP contribution in [0, 0.1) is 5.92 Å². The topological polar surface area (TPSA) is 473 Å². The third kappa shape index (κ3) is 27.7. The van der Waals surface area contributed by atoms with Crippen molar-refractivity contribution >= 4 is 99.4 Å². The van der Waals surface area contributed by atoms with Gasteiger partial charge in [-0.25, -0.2) is 24.9 Å². The van der Waals surface area contributed by atoms with Gasteiger partial charge in [0, 0.05) is 175 Å². The van der Waals surface area contributed by atoms with Gasteiger partial charge in [0.25, 0.3) is 35.4 Å². The van der Waals surface area contributed by atoms with Crippen LogP contribution < -0.4 is 63.0 Å². The van der Waals surface area contributed by atoms with Gasteiger partial charge >= 0.3 is 0 Å². The third-order valence-electron chi connectivity index (χ3n) is 19.9. The lowest BCUT2D eigenvalue weighted by molar-refractivity contribution is -0.122. The molecule has 122 heavy (non-hydrogen) atoms. The summed E-state index contributed by atoms with van der Waals surface area (Å²) in [7, 11) is 10.0. The normalized spacial score (nSPS) is 13.0. The number of aliphatic hydroxyl groups excluding tert-OH is 1. The van der Waals surface area contributed by atoms with Crippen molar-refractivity contribution in [1.82, 2.24) is 84.6 Å². The summed E-state index contributed by atoms with van der Waals surface area (Å²) in [6.45, 7) is 8.74. The molecular formula is C82H109N23O17. The second-order valence-electron chi connectivity index (χ2n) is 29.3. The molecule has 40 heteroatoms. The summed E-state index contributed by atoms with van der Waals surface area (Å²) in [5.74, 6) is -3.65. The standard InChI is InChI=1S/C82H109N23O17/c1-54(107)105-62-17-16-56(42-63(62)104(50-66(105)55-14-15-55)47-57-12-8-9-13-58(57)53-106)59-45-90-73(91-46-59)79(114)89-28-33-119-35-37-121-39-41-122-40-38-120-36-34-118-32-21-70(109)84-23-11-30-98(2)29-10-22-83-69(108)18-24-88-80(115)75-96-67(51-102(75)6)94-71(110)19-25-87-78(113)65-44-61(49-101(65)5)93-82(117)76-97-68(52-103(76)7)95-72(111)20-26-86-77(112)64-43-60(48-100(64)4)92-81(116)74-85-27-31-99(74)3/h8-9,12-13,16-17,27,31,42-46,48-49,51-52,55,66,106H,10-11,14-15,18-26,28-30,32-41,47,50,53H2,1-7H3,(H,83,108)(H,84,109)(H,86,112)(H,87,113)(H,88,115)(H,89,114)(H,92,116)(H,93,117)(H,94,110)(H,95,111)/t66-/m1/s1. The highest BCUT2D eigenvalue weighted by atomic mass is 16.6. The monoisotopic (exact) mass is 1690 g/mol. The van der Waals surface area contributed by atoms with Crippen molar-refractivity contribution in [3.8, 4) is 11.1 Å². The zero-order chi connectivity index (χ0) is 87.0. The number of nitrogens with one attached hydrogen (secondary N) is 10. The molecule has 1 saturated carbocycles. The molecule has 2 aliphatic rings. The lowest BCUT2D eigenvalue weighted by atomic mass is 9.98. The Hall–Kier alpha value is -12.6.